The largest absolute Gasteiger partial charge is 0.448 e. The van der Waals surface area contributed by atoms with Crippen LogP contribution in [0.4, 0.5) is 5.13 Å². The van der Waals surface area contributed by atoms with Crippen LogP contribution in [0.25, 0.3) is 0 Å². The highest BCUT2D eigenvalue weighted by atomic mass is 32.2. The molecule has 12 rings (SSSR count). The summed E-state index contributed by atoms with van der Waals surface area (Å²) in [5, 5.41) is 13.2. The molecule has 1 aromatic heterocycles. The quantitative estimate of drug-likeness (QED) is 0.0263. The third-order valence-corrected chi connectivity index (χ3v) is 18.1. The molecular formula is C67H55N5O7S3. The van der Waals surface area contributed by atoms with E-state index in [1.807, 2.05) is 206 Å². The summed E-state index contributed by atoms with van der Waals surface area (Å²) in [4.78, 5) is 59.9. The maximum atomic E-state index is 15.6. The molecule has 2 atom stereocenters. The van der Waals surface area contributed by atoms with Crippen molar-refractivity contribution in [3.05, 3.63) is 309 Å². The minimum Gasteiger partial charge on any atom is -0.448 e. The first-order valence-electron chi connectivity index (χ1n) is 26.9. The smallest absolute Gasteiger partial charge is 0.356 e. The van der Waals surface area contributed by atoms with Crippen molar-refractivity contribution in [3.8, 4) is 0 Å². The summed E-state index contributed by atoms with van der Waals surface area (Å²) in [6, 6.07) is 77.7. The van der Waals surface area contributed by atoms with Gasteiger partial charge in [0.15, 0.2) is 16.9 Å². The lowest BCUT2D eigenvalue weighted by Gasteiger charge is -2.49. The summed E-state index contributed by atoms with van der Waals surface area (Å²) in [5.74, 6) is -1.53. The number of oxime groups is 1. The average molecular weight is 1140 g/mol. The van der Waals surface area contributed by atoms with Crippen molar-refractivity contribution in [2.45, 2.75) is 33.9 Å². The normalized spacial score (nSPS) is 16.7. The van der Waals surface area contributed by atoms with E-state index in [9.17, 15) is 4.79 Å². The number of hydrogen-bond donors (Lipinski definition) is 2. The SMILES string of the molecule is O=C(OC(c1ccccc1)c1ccccc1)C1=C(SC2COCOC2)CS[C@@H]2C(NC(=O)/C(=N\OC(c3ccccc3)(c3ccccc3)c3ccccc3)c3csc(NC(c4ccccc4)(c4ccccc4)c4ccccc4)n3)C(=O)N12. The van der Waals surface area contributed by atoms with Crippen LogP contribution in [0.1, 0.15) is 56.3 Å². The Morgan fingerprint density at radius 3 is 1.52 bits per heavy atom. The maximum absolute atomic E-state index is 15.6. The number of ether oxygens (including phenoxy) is 3. The van der Waals surface area contributed by atoms with Gasteiger partial charge in [-0.25, -0.2) is 9.78 Å². The molecule has 2 fully saturated rings. The fourth-order valence-electron chi connectivity index (χ4n) is 10.7. The minimum atomic E-state index is -1.38. The lowest BCUT2D eigenvalue weighted by molar-refractivity contribution is -0.154. The highest BCUT2D eigenvalue weighted by Gasteiger charge is 2.55. The molecule has 2 N–H and O–H groups in total. The number of hydrogen-bond acceptors (Lipinski definition) is 13. The molecule has 0 saturated carbocycles. The lowest BCUT2D eigenvalue weighted by Crippen LogP contribution is -2.71. The number of thiazole rings is 1. The zero-order valence-corrected chi connectivity index (χ0v) is 46.7. The van der Waals surface area contributed by atoms with Crippen molar-refractivity contribution in [1.29, 1.82) is 0 Å². The number of carbonyl (C=O) groups excluding carboxylic acids is 3. The molecule has 4 heterocycles. The van der Waals surface area contributed by atoms with Crippen LogP contribution in [-0.2, 0) is 44.6 Å². The van der Waals surface area contributed by atoms with Gasteiger partial charge in [0.05, 0.1) is 18.5 Å². The predicted octanol–water partition coefficient (Wildman–Crippen LogP) is 12.3. The highest BCUT2D eigenvalue weighted by molar-refractivity contribution is 8.06. The second kappa shape index (κ2) is 24.7. The molecule has 0 bridgehead atoms. The monoisotopic (exact) mass is 1140 g/mol. The first-order chi connectivity index (χ1) is 40.4. The van der Waals surface area contributed by atoms with E-state index in [0.717, 1.165) is 44.5 Å². The number of thioether (sulfide) groups is 2. The number of carbonyl (C=O) groups is 3. The van der Waals surface area contributed by atoms with Crippen LogP contribution in [-0.4, -0.2) is 75.8 Å². The second-order valence-electron chi connectivity index (χ2n) is 19.7. The number of aromatic nitrogens is 1. The summed E-state index contributed by atoms with van der Waals surface area (Å²) in [7, 11) is 0. The molecule has 9 aromatic rings. The Hall–Kier alpha value is -8.57. The second-order valence-corrected chi connectivity index (χ2v) is 23.0. The molecule has 0 spiro atoms. The van der Waals surface area contributed by atoms with Crippen LogP contribution in [0.15, 0.2) is 264 Å². The van der Waals surface area contributed by atoms with Gasteiger partial charge in [0.25, 0.3) is 11.8 Å². The molecule has 8 aromatic carbocycles. The highest BCUT2D eigenvalue weighted by Crippen LogP contribution is 2.47. The first-order valence-corrected chi connectivity index (χ1v) is 29.7. The number of esters is 1. The molecule has 3 aliphatic heterocycles. The van der Waals surface area contributed by atoms with E-state index in [4.69, 9.17) is 29.2 Å². The fraction of sp³-hybridized carbons (Fsp3) is 0.149. The summed E-state index contributed by atoms with van der Waals surface area (Å²) < 4.78 is 17.8. The number of fused-ring (bicyclic) bond motifs is 1. The molecule has 0 aliphatic carbocycles. The van der Waals surface area contributed by atoms with Crippen molar-refractivity contribution in [2.24, 2.45) is 5.16 Å². The maximum Gasteiger partial charge on any atom is 0.356 e. The number of rotatable bonds is 19. The van der Waals surface area contributed by atoms with Crippen molar-refractivity contribution in [3.63, 3.8) is 0 Å². The van der Waals surface area contributed by atoms with Crippen molar-refractivity contribution in [1.82, 2.24) is 15.2 Å². The van der Waals surface area contributed by atoms with Gasteiger partial charge in [0, 0.05) is 32.7 Å². The Morgan fingerprint density at radius 1 is 0.622 bits per heavy atom. The van der Waals surface area contributed by atoms with E-state index in [2.05, 4.69) is 47.0 Å². The van der Waals surface area contributed by atoms with Gasteiger partial charge in [0.1, 0.15) is 35.1 Å². The van der Waals surface area contributed by atoms with Gasteiger partial charge in [-0.3, -0.25) is 14.5 Å². The molecule has 12 nitrogen and oxygen atoms in total. The Morgan fingerprint density at radius 2 is 1.06 bits per heavy atom. The number of benzene rings is 8. The molecule has 2 saturated heterocycles. The van der Waals surface area contributed by atoms with Crippen molar-refractivity contribution < 1.29 is 33.4 Å². The average Bonchev–Trinajstić information content (AvgIpc) is 3.28. The molecule has 3 aliphatic rings. The molecular weight excluding hydrogens is 1080 g/mol. The van der Waals surface area contributed by atoms with Gasteiger partial charge >= 0.3 is 5.97 Å². The van der Waals surface area contributed by atoms with E-state index in [0.29, 0.717) is 29.0 Å². The first kappa shape index (κ1) is 54.0. The minimum absolute atomic E-state index is 0.122. The van der Waals surface area contributed by atoms with Gasteiger partial charge in [-0.2, -0.15) is 0 Å². The summed E-state index contributed by atoms with van der Waals surface area (Å²) in [6.45, 7) is 0.982. The van der Waals surface area contributed by atoms with Crippen LogP contribution in [0.2, 0.25) is 0 Å². The third kappa shape index (κ3) is 10.9. The summed E-state index contributed by atoms with van der Waals surface area (Å²) in [5.41, 5.74) is 4.52. The molecule has 82 heavy (non-hydrogen) atoms. The van der Waals surface area contributed by atoms with Gasteiger partial charge in [-0.1, -0.05) is 248 Å². The molecule has 15 heteroatoms. The summed E-state index contributed by atoms with van der Waals surface area (Å²) >= 11 is 4.19. The number of anilines is 1. The van der Waals surface area contributed by atoms with Crippen molar-refractivity contribution in [2.75, 3.05) is 31.1 Å². The van der Waals surface area contributed by atoms with Gasteiger partial charge in [0.2, 0.25) is 5.60 Å². The molecule has 0 radical (unpaired) electrons. The third-order valence-electron chi connectivity index (χ3n) is 14.6. The lowest BCUT2D eigenvalue weighted by atomic mass is 9.77. The summed E-state index contributed by atoms with van der Waals surface area (Å²) in [6.07, 6.45) is -0.779. The van der Waals surface area contributed by atoms with Gasteiger partial charge in [-0.15, -0.1) is 34.9 Å². The van der Waals surface area contributed by atoms with Crippen LogP contribution in [0, 0.1) is 0 Å². The molecule has 1 unspecified atom stereocenters. The van der Waals surface area contributed by atoms with Crippen LogP contribution in [0.3, 0.4) is 0 Å². The number of β-lactam (4-membered cyclic amide) rings is 1. The number of nitrogens with one attached hydrogen (secondary N) is 2. The van der Waals surface area contributed by atoms with E-state index >= 15 is 9.59 Å². The Kier molecular flexibility index (Phi) is 16.2. The van der Waals surface area contributed by atoms with Crippen LogP contribution < -0.4 is 10.6 Å². The molecule has 2 amide bonds. The van der Waals surface area contributed by atoms with E-state index in [1.165, 1.54) is 39.8 Å². The fourth-order valence-corrected chi connectivity index (χ4v) is 14.2. The van der Waals surface area contributed by atoms with Crippen LogP contribution >= 0.6 is 34.9 Å². The predicted molar refractivity (Wildman–Crippen MR) is 323 cm³/mol. The Balaban J connectivity index is 0.932. The standard InChI is InChI=1S/C67H55N5O7S3/c73-61(69-58-62(74)72-59(56(44-80-63(58)72)82-54-41-76-45-77-42-54)64(75)78-60(46-25-9-1-10-26-46)47-27-11-2-12-28-47)57(71-79-67(51-35-19-6-20-36-51,52-37-21-7-22-38-52)53-39-23-8-24-40-53)55-43-81-65(68-55)70-66(48-29-13-3-14-30-48,49-31-15-4-16-32-49)50-33-17-5-18-34-50/h1-40,43,54,58,60,63H,41-42,44-45H2,(H,68,70)(H,69,73)/b71-57-/t58?,63-/m1/s1. The van der Waals surface area contributed by atoms with Gasteiger partial charge < -0.3 is 29.7 Å². The zero-order valence-electron chi connectivity index (χ0n) is 44.2. The van der Waals surface area contributed by atoms with E-state index < -0.39 is 46.4 Å². The van der Waals surface area contributed by atoms with E-state index in [-0.39, 0.29) is 29.1 Å². The number of amides is 2. The Labute approximate surface area is 488 Å². The number of nitrogens with zero attached hydrogens (tertiary/aromatic N) is 3. The Bertz CT molecular complexity index is 3460. The van der Waals surface area contributed by atoms with Crippen molar-refractivity contribution >= 4 is 63.5 Å². The van der Waals surface area contributed by atoms with Crippen LogP contribution in [0.5, 0.6) is 0 Å². The zero-order chi connectivity index (χ0) is 55.7. The topological polar surface area (TPSA) is 141 Å². The van der Waals surface area contributed by atoms with E-state index in [1.54, 1.807) is 5.38 Å². The van der Waals surface area contributed by atoms with Gasteiger partial charge in [-0.05, 0) is 27.8 Å². The molecule has 408 valence electrons.